The topological polar surface area (TPSA) is 93.6 Å². The molecule has 0 fully saturated rings. The average molecular weight is 254 g/mol. The lowest BCUT2D eigenvalue weighted by atomic mass is 10.2. The van der Waals surface area contributed by atoms with Crippen molar-refractivity contribution in [3.63, 3.8) is 0 Å². The van der Waals surface area contributed by atoms with Crippen molar-refractivity contribution in [2.75, 3.05) is 13.2 Å². The van der Waals surface area contributed by atoms with E-state index >= 15 is 0 Å². The molecule has 100 valence electrons. The van der Waals surface area contributed by atoms with Crippen molar-refractivity contribution in [3.8, 4) is 5.88 Å². The number of nitrogens with one attached hydrogen (secondary N) is 1. The third-order valence-electron chi connectivity index (χ3n) is 2.52. The van der Waals surface area contributed by atoms with Gasteiger partial charge < -0.3 is 15.1 Å². The predicted octanol–water partition coefficient (Wildman–Crippen LogP) is 0.313. The molecule has 0 saturated heterocycles. The van der Waals surface area contributed by atoms with E-state index in [2.05, 4.69) is 4.98 Å². The normalized spacial score (nSPS) is 10.7. The molecule has 0 saturated carbocycles. The predicted molar refractivity (Wildman–Crippen MR) is 66.6 cm³/mol. The van der Waals surface area contributed by atoms with Crippen LogP contribution in [0.4, 0.5) is 0 Å². The van der Waals surface area contributed by atoms with Crippen molar-refractivity contribution < 1.29 is 15.0 Å². The SMILES string of the molecule is CC(C)N(CCCO)C(=O)c1cc(O)[nH]c(=O)c1. The van der Waals surface area contributed by atoms with Crippen LogP contribution in [-0.2, 0) is 0 Å². The number of aliphatic hydroxyl groups excluding tert-OH is 1. The number of aliphatic hydroxyl groups is 1. The summed E-state index contributed by atoms with van der Waals surface area (Å²) in [5, 5.41) is 18.1. The Morgan fingerprint density at radius 2 is 2.11 bits per heavy atom. The number of aromatic amines is 1. The van der Waals surface area contributed by atoms with E-state index in [0.717, 1.165) is 6.07 Å². The molecule has 6 nitrogen and oxygen atoms in total. The van der Waals surface area contributed by atoms with Gasteiger partial charge in [-0.2, -0.15) is 0 Å². The summed E-state index contributed by atoms with van der Waals surface area (Å²) >= 11 is 0. The van der Waals surface area contributed by atoms with Crippen LogP contribution in [0.3, 0.4) is 0 Å². The van der Waals surface area contributed by atoms with E-state index in [-0.39, 0.29) is 30.0 Å². The summed E-state index contributed by atoms with van der Waals surface area (Å²) < 4.78 is 0. The molecule has 0 aliphatic rings. The fourth-order valence-electron chi connectivity index (χ4n) is 1.65. The van der Waals surface area contributed by atoms with Gasteiger partial charge in [0.05, 0.1) is 5.56 Å². The molecule has 1 heterocycles. The van der Waals surface area contributed by atoms with Gasteiger partial charge in [0.1, 0.15) is 0 Å². The number of hydrogen-bond donors (Lipinski definition) is 3. The molecule has 0 spiro atoms. The van der Waals surface area contributed by atoms with Gasteiger partial charge in [0.15, 0.2) is 5.88 Å². The Morgan fingerprint density at radius 3 is 2.61 bits per heavy atom. The first-order valence-corrected chi connectivity index (χ1v) is 5.81. The minimum absolute atomic E-state index is 0.00285. The molecule has 6 heteroatoms. The molecule has 1 rings (SSSR count). The Balaban J connectivity index is 2.98. The Morgan fingerprint density at radius 1 is 1.44 bits per heavy atom. The van der Waals surface area contributed by atoms with Gasteiger partial charge >= 0.3 is 0 Å². The van der Waals surface area contributed by atoms with Gasteiger partial charge in [-0.05, 0) is 20.3 Å². The van der Waals surface area contributed by atoms with Gasteiger partial charge in [0.25, 0.3) is 11.5 Å². The molecule has 0 aromatic carbocycles. The van der Waals surface area contributed by atoms with Crippen LogP contribution in [0.5, 0.6) is 5.88 Å². The maximum atomic E-state index is 12.2. The van der Waals surface area contributed by atoms with Gasteiger partial charge in [-0.25, -0.2) is 0 Å². The molecule has 0 aliphatic heterocycles. The smallest absolute Gasteiger partial charge is 0.254 e. The van der Waals surface area contributed by atoms with Crippen LogP contribution in [0.25, 0.3) is 0 Å². The zero-order valence-electron chi connectivity index (χ0n) is 10.5. The highest BCUT2D eigenvalue weighted by Gasteiger charge is 2.19. The van der Waals surface area contributed by atoms with Gasteiger partial charge in [-0.15, -0.1) is 0 Å². The molecule has 0 aliphatic carbocycles. The highest BCUT2D eigenvalue weighted by atomic mass is 16.3. The van der Waals surface area contributed by atoms with Gasteiger partial charge in [-0.1, -0.05) is 0 Å². The van der Waals surface area contributed by atoms with Crippen LogP contribution in [0.1, 0.15) is 30.6 Å². The number of aromatic nitrogens is 1. The molecule has 0 bridgehead atoms. The minimum Gasteiger partial charge on any atom is -0.494 e. The fourth-order valence-corrected chi connectivity index (χ4v) is 1.65. The van der Waals surface area contributed by atoms with Crippen molar-refractivity contribution in [3.05, 3.63) is 28.0 Å². The number of aromatic hydroxyl groups is 1. The average Bonchev–Trinajstić information content (AvgIpc) is 2.27. The maximum Gasteiger partial charge on any atom is 0.254 e. The third-order valence-corrected chi connectivity index (χ3v) is 2.52. The van der Waals surface area contributed by atoms with E-state index in [1.807, 2.05) is 13.8 Å². The number of carbonyl (C=O) groups excluding carboxylic acids is 1. The minimum atomic E-state index is -0.524. The van der Waals surface area contributed by atoms with Crippen LogP contribution < -0.4 is 5.56 Å². The molecule has 3 N–H and O–H groups in total. The first-order chi connectivity index (χ1) is 8.45. The maximum absolute atomic E-state index is 12.2. The number of nitrogens with zero attached hydrogens (tertiary/aromatic N) is 1. The van der Waals surface area contributed by atoms with E-state index in [1.54, 1.807) is 4.90 Å². The highest BCUT2D eigenvalue weighted by molar-refractivity contribution is 5.94. The number of pyridine rings is 1. The number of amides is 1. The van der Waals surface area contributed by atoms with Crippen LogP contribution in [0.2, 0.25) is 0 Å². The zero-order valence-corrected chi connectivity index (χ0v) is 10.5. The summed E-state index contributed by atoms with van der Waals surface area (Å²) in [7, 11) is 0. The summed E-state index contributed by atoms with van der Waals surface area (Å²) in [5.74, 6) is -0.670. The fraction of sp³-hybridized carbons (Fsp3) is 0.500. The van der Waals surface area contributed by atoms with E-state index in [0.29, 0.717) is 13.0 Å². The van der Waals surface area contributed by atoms with Gasteiger partial charge in [0, 0.05) is 31.3 Å². The van der Waals surface area contributed by atoms with E-state index in [4.69, 9.17) is 5.11 Å². The second kappa shape index (κ2) is 6.20. The van der Waals surface area contributed by atoms with E-state index in [9.17, 15) is 14.7 Å². The first kappa shape index (κ1) is 14.2. The molecule has 0 unspecified atom stereocenters. The van der Waals surface area contributed by atoms with Crippen LogP contribution in [0, 0.1) is 0 Å². The molecule has 0 atom stereocenters. The van der Waals surface area contributed by atoms with Crippen molar-refractivity contribution >= 4 is 5.91 Å². The van der Waals surface area contributed by atoms with E-state index < -0.39 is 5.56 Å². The molecule has 1 aromatic heterocycles. The summed E-state index contributed by atoms with van der Waals surface area (Å²) in [6.07, 6.45) is 0.471. The summed E-state index contributed by atoms with van der Waals surface area (Å²) in [5.41, 5.74) is -0.382. The lowest BCUT2D eigenvalue weighted by molar-refractivity contribution is 0.0692. The molecule has 0 radical (unpaired) electrons. The quantitative estimate of drug-likeness (QED) is 0.705. The summed E-state index contributed by atoms with van der Waals surface area (Å²) in [6, 6.07) is 2.32. The molecule has 1 aromatic rings. The molecular formula is C12H18N2O4. The van der Waals surface area contributed by atoms with Crippen molar-refractivity contribution in [1.82, 2.24) is 9.88 Å². The standard InChI is InChI=1S/C12H18N2O4/c1-8(2)14(4-3-5-15)12(18)9-6-10(16)13-11(17)7-9/h6-8,15H,3-5H2,1-2H3,(H2,13,16,17). The second-order valence-corrected chi connectivity index (χ2v) is 4.29. The first-order valence-electron chi connectivity index (χ1n) is 5.81. The Labute approximate surface area is 105 Å². The highest BCUT2D eigenvalue weighted by Crippen LogP contribution is 2.11. The molecule has 1 amide bonds. The summed E-state index contributed by atoms with van der Waals surface area (Å²) in [4.78, 5) is 27.1. The van der Waals surface area contributed by atoms with Crippen LogP contribution >= 0.6 is 0 Å². The Bertz CT molecular complexity index is 467. The van der Waals surface area contributed by atoms with Crippen LogP contribution in [-0.4, -0.2) is 45.2 Å². The summed E-state index contributed by atoms with van der Waals surface area (Å²) in [6.45, 7) is 4.10. The molecular weight excluding hydrogens is 236 g/mol. The van der Waals surface area contributed by atoms with E-state index in [1.165, 1.54) is 6.07 Å². The van der Waals surface area contributed by atoms with Crippen molar-refractivity contribution in [2.24, 2.45) is 0 Å². The lowest BCUT2D eigenvalue weighted by Crippen LogP contribution is -2.38. The van der Waals surface area contributed by atoms with Gasteiger partial charge in [-0.3, -0.25) is 14.6 Å². The monoisotopic (exact) mass is 254 g/mol. The third kappa shape index (κ3) is 3.59. The Hall–Kier alpha value is -1.82. The lowest BCUT2D eigenvalue weighted by Gasteiger charge is -2.26. The largest absolute Gasteiger partial charge is 0.494 e. The second-order valence-electron chi connectivity index (χ2n) is 4.29. The Kier molecular flexibility index (Phi) is 4.91. The van der Waals surface area contributed by atoms with Crippen LogP contribution in [0.15, 0.2) is 16.9 Å². The number of H-pyrrole nitrogens is 1. The van der Waals surface area contributed by atoms with Gasteiger partial charge in [0.2, 0.25) is 0 Å². The van der Waals surface area contributed by atoms with Crippen molar-refractivity contribution in [2.45, 2.75) is 26.3 Å². The zero-order chi connectivity index (χ0) is 13.7. The van der Waals surface area contributed by atoms with Crippen molar-refractivity contribution in [1.29, 1.82) is 0 Å². The number of carbonyl (C=O) groups is 1. The molecule has 18 heavy (non-hydrogen) atoms. The number of rotatable bonds is 5. The number of hydrogen-bond acceptors (Lipinski definition) is 4.